The van der Waals surface area contributed by atoms with E-state index in [1.807, 2.05) is 18.2 Å². The SMILES string of the molecule is C1=Cc2cc3cc(-c4ccc(-c5cccs5)cc4)c(cc4nc(cc5ccc(cc1n2)[nH]5)C=C4)[nH]3. The Kier molecular flexibility index (Phi) is 4.60. The molecule has 0 saturated heterocycles. The monoisotopic (exact) mass is 468 g/mol. The van der Waals surface area contributed by atoms with Crippen molar-refractivity contribution in [1.82, 2.24) is 19.9 Å². The van der Waals surface area contributed by atoms with Gasteiger partial charge in [0.25, 0.3) is 0 Å². The molecule has 6 heterocycles. The summed E-state index contributed by atoms with van der Waals surface area (Å²) in [5.41, 5.74) is 11.3. The normalized spacial score (nSPS) is 12.3. The summed E-state index contributed by atoms with van der Waals surface area (Å²) in [5.74, 6) is 0. The Bertz CT molecular complexity index is 1780. The molecule has 0 unspecified atom stereocenters. The lowest BCUT2D eigenvalue weighted by Gasteiger charge is -2.02. The van der Waals surface area contributed by atoms with Gasteiger partial charge >= 0.3 is 0 Å². The lowest BCUT2D eigenvalue weighted by molar-refractivity contribution is 1.31. The van der Waals surface area contributed by atoms with Crippen molar-refractivity contribution in [3.8, 4) is 21.6 Å². The van der Waals surface area contributed by atoms with E-state index in [0.717, 1.165) is 56.0 Å². The van der Waals surface area contributed by atoms with Gasteiger partial charge in [-0.2, -0.15) is 0 Å². The third kappa shape index (κ3) is 3.92. The van der Waals surface area contributed by atoms with Crippen LogP contribution < -0.4 is 0 Å². The highest BCUT2D eigenvalue weighted by molar-refractivity contribution is 7.13. The van der Waals surface area contributed by atoms with E-state index in [-0.39, 0.29) is 0 Å². The molecule has 2 N–H and O–H groups in total. The molecule has 4 nitrogen and oxygen atoms in total. The van der Waals surface area contributed by atoms with Gasteiger partial charge in [-0.05, 0) is 89.3 Å². The molecule has 0 fully saturated rings. The Morgan fingerprint density at radius 3 is 1.77 bits per heavy atom. The number of hydrogen-bond donors (Lipinski definition) is 2. The average molecular weight is 469 g/mol. The van der Waals surface area contributed by atoms with Crippen LogP contribution in [0, 0.1) is 0 Å². The molecule has 2 aliphatic rings. The molecular formula is C30H20N4S. The number of aromatic nitrogens is 4. The smallest absolute Gasteiger partial charge is 0.0658 e. The van der Waals surface area contributed by atoms with Crippen molar-refractivity contribution in [2.45, 2.75) is 0 Å². The number of fused-ring (bicyclic) bond motifs is 8. The summed E-state index contributed by atoms with van der Waals surface area (Å²) >= 11 is 1.76. The molecule has 0 saturated carbocycles. The van der Waals surface area contributed by atoms with E-state index in [2.05, 4.69) is 100 Å². The van der Waals surface area contributed by atoms with Crippen LogP contribution in [0.2, 0.25) is 0 Å². The highest BCUT2D eigenvalue weighted by atomic mass is 32.1. The van der Waals surface area contributed by atoms with Crippen LogP contribution in [0.25, 0.3) is 67.9 Å². The second-order valence-electron chi connectivity index (χ2n) is 8.64. The van der Waals surface area contributed by atoms with Gasteiger partial charge in [0, 0.05) is 32.5 Å². The van der Waals surface area contributed by atoms with Gasteiger partial charge in [0.05, 0.1) is 22.8 Å². The molecule has 5 aromatic rings. The Labute approximate surface area is 206 Å². The van der Waals surface area contributed by atoms with Gasteiger partial charge in [0.2, 0.25) is 0 Å². The van der Waals surface area contributed by atoms with Crippen LogP contribution in [0.5, 0.6) is 0 Å². The largest absolute Gasteiger partial charge is 0.355 e. The van der Waals surface area contributed by atoms with Crippen molar-refractivity contribution >= 4 is 57.7 Å². The van der Waals surface area contributed by atoms with Crippen LogP contribution in [-0.4, -0.2) is 19.9 Å². The van der Waals surface area contributed by atoms with Crippen molar-refractivity contribution in [2.24, 2.45) is 0 Å². The predicted molar refractivity (Wildman–Crippen MR) is 148 cm³/mol. The van der Waals surface area contributed by atoms with Gasteiger partial charge < -0.3 is 9.97 Å². The Morgan fingerprint density at radius 1 is 0.543 bits per heavy atom. The number of thiophene rings is 1. The second kappa shape index (κ2) is 8.08. The third-order valence-electron chi connectivity index (χ3n) is 6.17. The maximum Gasteiger partial charge on any atom is 0.0658 e. The zero-order valence-corrected chi connectivity index (χ0v) is 19.5. The van der Waals surface area contributed by atoms with Crippen LogP contribution in [0.15, 0.2) is 84.2 Å². The summed E-state index contributed by atoms with van der Waals surface area (Å²) in [6, 6.07) is 27.6. The Hall–Kier alpha value is -4.48. The zero-order valence-electron chi connectivity index (χ0n) is 18.7. The maximum absolute atomic E-state index is 4.82. The van der Waals surface area contributed by atoms with Gasteiger partial charge in [-0.15, -0.1) is 11.3 Å². The summed E-state index contributed by atoms with van der Waals surface area (Å²) < 4.78 is 0. The van der Waals surface area contributed by atoms with Crippen LogP contribution in [0.4, 0.5) is 0 Å². The molecule has 166 valence electrons. The molecule has 0 amide bonds. The molecular weight excluding hydrogens is 448 g/mol. The lowest BCUT2D eigenvalue weighted by atomic mass is 10.0. The van der Waals surface area contributed by atoms with Crippen molar-refractivity contribution in [3.63, 3.8) is 0 Å². The van der Waals surface area contributed by atoms with E-state index in [1.54, 1.807) is 11.3 Å². The van der Waals surface area contributed by atoms with Gasteiger partial charge in [-0.1, -0.05) is 30.3 Å². The third-order valence-corrected chi connectivity index (χ3v) is 7.09. The van der Waals surface area contributed by atoms with Crippen LogP contribution in [0.1, 0.15) is 22.8 Å². The van der Waals surface area contributed by atoms with E-state index < -0.39 is 0 Å². The van der Waals surface area contributed by atoms with Gasteiger partial charge in [0.1, 0.15) is 0 Å². The van der Waals surface area contributed by atoms with Crippen LogP contribution >= 0.6 is 11.3 Å². The summed E-state index contributed by atoms with van der Waals surface area (Å²) in [4.78, 5) is 17.9. The molecule has 0 atom stereocenters. The first-order chi connectivity index (χ1) is 17.2. The number of nitrogens with one attached hydrogen (secondary N) is 2. The Balaban J connectivity index is 1.45. The van der Waals surface area contributed by atoms with Gasteiger partial charge in [-0.25, -0.2) is 9.97 Å². The lowest BCUT2D eigenvalue weighted by Crippen LogP contribution is -1.78. The van der Waals surface area contributed by atoms with Crippen molar-refractivity contribution in [3.05, 3.63) is 107 Å². The maximum atomic E-state index is 4.82. The molecule has 4 aromatic heterocycles. The quantitative estimate of drug-likeness (QED) is 0.270. The first kappa shape index (κ1) is 19.9. The minimum absolute atomic E-state index is 0.917. The first-order valence-electron chi connectivity index (χ1n) is 11.5. The standard InChI is InChI=1S/C30H20N4S/c1-2-30(35-13-1)20-5-3-19(4-6-20)28-17-27-16-25-10-9-23(32-25)14-21-7-8-22(31-21)15-24-11-12-26(33-24)18-29(28)34-27/h1-18,31,34H. The number of hydrogen-bond acceptors (Lipinski definition) is 3. The van der Waals surface area contributed by atoms with Gasteiger partial charge in [-0.3, -0.25) is 0 Å². The molecule has 1 aromatic carbocycles. The number of rotatable bonds is 2. The Morgan fingerprint density at radius 2 is 1.14 bits per heavy atom. The predicted octanol–water partition coefficient (Wildman–Crippen LogP) is 8.05. The van der Waals surface area contributed by atoms with Crippen LogP contribution in [0.3, 0.4) is 0 Å². The zero-order chi connectivity index (χ0) is 23.2. The topological polar surface area (TPSA) is 57.4 Å². The van der Waals surface area contributed by atoms with E-state index in [9.17, 15) is 0 Å². The van der Waals surface area contributed by atoms with E-state index in [1.165, 1.54) is 10.4 Å². The molecule has 0 radical (unpaired) electrons. The second-order valence-corrected chi connectivity index (χ2v) is 9.59. The number of benzene rings is 1. The molecule has 8 bridgehead atoms. The molecule has 35 heavy (non-hydrogen) atoms. The minimum atomic E-state index is 0.917. The van der Waals surface area contributed by atoms with E-state index >= 15 is 0 Å². The average Bonchev–Trinajstić information content (AvgIpc) is 3.68. The fraction of sp³-hybridized carbons (Fsp3) is 0. The summed E-state index contributed by atoms with van der Waals surface area (Å²) in [7, 11) is 0. The highest BCUT2D eigenvalue weighted by Crippen LogP contribution is 2.31. The van der Waals surface area contributed by atoms with Crippen molar-refractivity contribution in [2.75, 3.05) is 0 Å². The summed E-state index contributed by atoms with van der Waals surface area (Å²) in [6.45, 7) is 0. The number of aromatic amines is 2. The highest BCUT2D eigenvalue weighted by Gasteiger charge is 2.08. The number of nitrogens with zero attached hydrogens (tertiary/aromatic N) is 2. The summed E-state index contributed by atoms with van der Waals surface area (Å²) in [5, 5.41) is 2.11. The van der Waals surface area contributed by atoms with E-state index in [0.29, 0.717) is 0 Å². The fourth-order valence-electron chi connectivity index (χ4n) is 4.51. The molecule has 2 aliphatic heterocycles. The van der Waals surface area contributed by atoms with Crippen molar-refractivity contribution in [1.29, 1.82) is 0 Å². The molecule has 0 spiro atoms. The molecule has 5 heteroatoms. The van der Waals surface area contributed by atoms with E-state index in [4.69, 9.17) is 9.97 Å². The molecule has 7 rings (SSSR count). The van der Waals surface area contributed by atoms with Crippen LogP contribution in [-0.2, 0) is 0 Å². The molecule has 0 aliphatic carbocycles. The fourth-order valence-corrected chi connectivity index (χ4v) is 5.25. The minimum Gasteiger partial charge on any atom is -0.355 e. The van der Waals surface area contributed by atoms with Crippen molar-refractivity contribution < 1.29 is 0 Å². The van der Waals surface area contributed by atoms with Gasteiger partial charge in [0.15, 0.2) is 0 Å². The first-order valence-corrected chi connectivity index (χ1v) is 12.4. The summed E-state index contributed by atoms with van der Waals surface area (Å²) in [6.07, 6.45) is 8.19. The number of H-pyrrole nitrogens is 2.